The number of anilines is 1. The fourth-order valence-electron chi connectivity index (χ4n) is 2.36. The predicted octanol–water partition coefficient (Wildman–Crippen LogP) is 5.20. The molecule has 1 amide bonds. The smallest absolute Gasteiger partial charge is 0.258 e. The van der Waals surface area contributed by atoms with Crippen LogP contribution in [-0.2, 0) is 6.42 Å². The second-order valence-corrected chi connectivity index (χ2v) is 7.66. The molecule has 0 spiro atoms. The molecule has 7 heteroatoms. The van der Waals surface area contributed by atoms with Crippen LogP contribution in [0.4, 0.5) is 9.52 Å². The largest absolute Gasteiger partial charge is 0.497 e. The van der Waals surface area contributed by atoms with Gasteiger partial charge in [-0.15, -0.1) is 11.3 Å². The molecule has 0 fully saturated rings. The van der Waals surface area contributed by atoms with Crippen molar-refractivity contribution in [3.8, 4) is 5.75 Å². The molecule has 0 aliphatic heterocycles. The van der Waals surface area contributed by atoms with Crippen molar-refractivity contribution in [1.82, 2.24) is 4.98 Å². The summed E-state index contributed by atoms with van der Waals surface area (Å²) in [5.41, 5.74) is 1.95. The number of hydrogen-bond donors (Lipinski definition) is 1. The van der Waals surface area contributed by atoms with Gasteiger partial charge in [0.2, 0.25) is 0 Å². The van der Waals surface area contributed by atoms with Crippen molar-refractivity contribution in [2.75, 3.05) is 12.4 Å². The van der Waals surface area contributed by atoms with Gasteiger partial charge < -0.3 is 4.74 Å². The highest BCUT2D eigenvalue weighted by molar-refractivity contribution is 9.10. The van der Waals surface area contributed by atoms with E-state index in [1.54, 1.807) is 44.5 Å². The molecule has 0 atom stereocenters. The van der Waals surface area contributed by atoms with E-state index in [2.05, 4.69) is 26.2 Å². The number of hydrogen-bond acceptors (Lipinski definition) is 4. The molecule has 0 radical (unpaired) electrons. The number of aryl methyl sites for hydroxylation is 1. The molecule has 3 rings (SSSR count). The quantitative estimate of drug-likeness (QED) is 0.599. The molecule has 0 unspecified atom stereocenters. The second-order valence-electron chi connectivity index (χ2n) is 5.69. The number of nitrogens with one attached hydrogen (secondary N) is 1. The van der Waals surface area contributed by atoms with Crippen LogP contribution in [-0.4, -0.2) is 18.0 Å². The van der Waals surface area contributed by atoms with E-state index in [4.69, 9.17) is 4.74 Å². The molecule has 0 saturated heterocycles. The Labute approximate surface area is 163 Å². The molecule has 1 heterocycles. The van der Waals surface area contributed by atoms with Crippen LogP contribution in [0.3, 0.4) is 0 Å². The summed E-state index contributed by atoms with van der Waals surface area (Å²) in [6.07, 6.45) is 2.26. The molecule has 0 aliphatic carbocycles. The number of thiazole rings is 1. The third-order valence-corrected chi connectivity index (χ3v) is 5.41. The fraction of sp³-hybridized carbons (Fsp3) is 0.158. The van der Waals surface area contributed by atoms with E-state index in [0.29, 0.717) is 32.9 Å². The maximum Gasteiger partial charge on any atom is 0.258 e. The maximum atomic E-state index is 13.7. The maximum absolute atomic E-state index is 13.7. The highest BCUT2D eigenvalue weighted by atomic mass is 79.9. The van der Waals surface area contributed by atoms with Crippen molar-refractivity contribution in [2.45, 2.75) is 13.3 Å². The van der Waals surface area contributed by atoms with Crippen LogP contribution in [0, 0.1) is 12.7 Å². The van der Waals surface area contributed by atoms with Gasteiger partial charge in [-0.25, -0.2) is 9.37 Å². The van der Waals surface area contributed by atoms with Gasteiger partial charge >= 0.3 is 0 Å². The van der Waals surface area contributed by atoms with Crippen LogP contribution in [0.15, 0.2) is 47.1 Å². The van der Waals surface area contributed by atoms with Crippen molar-refractivity contribution in [2.24, 2.45) is 0 Å². The number of rotatable bonds is 5. The molecule has 4 nitrogen and oxygen atoms in total. The number of carbonyl (C=O) groups is 1. The Kier molecular flexibility index (Phi) is 5.68. The van der Waals surface area contributed by atoms with Crippen LogP contribution in [0.5, 0.6) is 5.75 Å². The Bertz CT molecular complexity index is 958. The zero-order valence-electron chi connectivity index (χ0n) is 14.2. The number of amides is 1. The third kappa shape index (κ3) is 4.28. The van der Waals surface area contributed by atoms with E-state index >= 15 is 0 Å². The van der Waals surface area contributed by atoms with E-state index in [0.717, 1.165) is 10.4 Å². The Morgan fingerprint density at radius 2 is 2.12 bits per heavy atom. The van der Waals surface area contributed by atoms with E-state index in [1.165, 1.54) is 17.4 Å². The lowest BCUT2D eigenvalue weighted by molar-refractivity contribution is 0.102. The lowest BCUT2D eigenvalue weighted by Gasteiger charge is -2.06. The first-order valence-electron chi connectivity index (χ1n) is 7.81. The summed E-state index contributed by atoms with van der Waals surface area (Å²) in [6, 6.07) is 10.4. The molecule has 0 bridgehead atoms. The van der Waals surface area contributed by atoms with Gasteiger partial charge in [0.05, 0.1) is 12.7 Å². The van der Waals surface area contributed by atoms with Crippen molar-refractivity contribution >= 4 is 38.3 Å². The number of carbonyl (C=O) groups excluding carboxylic acids is 1. The SMILES string of the molecule is COc1ccc(Br)c(C(=O)Nc2ncc(Cc3ccc(C)c(F)c3)s2)c1. The van der Waals surface area contributed by atoms with Gasteiger partial charge in [-0.1, -0.05) is 12.1 Å². The first-order valence-corrected chi connectivity index (χ1v) is 9.42. The molecule has 1 N–H and O–H groups in total. The topological polar surface area (TPSA) is 51.2 Å². The monoisotopic (exact) mass is 434 g/mol. The van der Waals surface area contributed by atoms with Crippen LogP contribution < -0.4 is 10.1 Å². The Hall–Kier alpha value is -2.25. The summed E-state index contributed by atoms with van der Waals surface area (Å²) in [4.78, 5) is 17.6. The third-order valence-electron chi connectivity index (χ3n) is 3.81. The van der Waals surface area contributed by atoms with Gasteiger partial charge in [-0.3, -0.25) is 10.1 Å². The number of nitrogens with zero attached hydrogens (tertiary/aromatic N) is 1. The molecule has 26 heavy (non-hydrogen) atoms. The Balaban J connectivity index is 1.72. The van der Waals surface area contributed by atoms with E-state index < -0.39 is 0 Å². The minimum absolute atomic E-state index is 0.219. The Morgan fingerprint density at radius 3 is 2.85 bits per heavy atom. The van der Waals surface area contributed by atoms with Gasteiger partial charge in [-0.05, 0) is 58.2 Å². The zero-order chi connectivity index (χ0) is 18.7. The summed E-state index contributed by atoms with van der Waals surface area (Å²) < 4.78 is 19.5. The highest BCUT2D eigenvalue weighted by Gasteiger charge is 2.14. The fourth-order valence-corrected chi connectivity index (χ4v) is 3.63. The lowest BCUT2D eigenvalue weighted by Crippen LogP contribution is -2.12. The molecule has 2 aromatic carbocycles. The summed E-state index contributed by atoms with van der Waals surface area (Å²) in [6.45, 7) is 1.73. The van der Waals surface area contributed by atoms with E-state index in [-0.39, 0.29) is 11.7 Å². The summed E-state index contributed by atoms with van der Waals surface area (Å²) >= 11 is 4.73. The number of aromatic nitrogens is 1. The van der Waals surface area contributed by atoms with Gasteiger partial charge in [-0.2, -0.15) is 0 Å². The standard InChI is InChI=1S/C19H16BrFN2O2S/c1-11-3-4-12(8-17(11)21)7-14-10-22-19(26-14)23-18(24)15-9-13(25-2)5-6-16(15)20/h3-6,8-10H,7H2,1-2H3,(H,22,23,24). The predicted molar refractivity (Wildman–Crippen MR) is 105 cm³/mol. The Morgan fingerprint density at radius 1 is 1.31 bits per heavy atom. The minimum Gasteiger partial charge on any atom is -0.497 e. The summed E-state index contributed by atoms with van der Waals surface area (Å²) in [5.74, 6) is 0.0982. The number of benzene rings is 2. The molecular weight excluding hydrogens is 419 g/mol. The molecular formula is C19H16BrFN2O2S. The zero-order valence-corrected chi connectivity index (χ0v) is 16.6. The highest BCUT2D eigenvalue weighted by Crippen LogP contribution is 2.26. The van der Waals surface area contributed by atoms with E-state index in [9.17, 15) is 9.18 Å². The summed E-state index contributed by atoms with van der Waals surface area (Å²) in [5, 5.41) is 3.28. The molecule has 1 aromatic heterocycles. The first kappa shape index (κ1) is 18.5. The molecule has 0 aliphatic rings. The summed E-state index contributed by atoms with van der Waals surface area (Å²) in [7, 11) is 1.55. The van der Waals surface area contributed by atoms with Gasteiger partial charge in [0.25, 0.3) is 5.91 Å². The number of ether oxygens (including phenoxy) is 1. The molecule has 134 valence electrons. The number of methoxy groups -OCH3 is 1. The van der Waals surface area contributed by atoms with Gasteiger partial charge in [0, 0.05) is 22.0 Å². The van der Waals surface area contributed by atoms with Gasteiger partial charge in [0.15, 0.2) is 5.13 Å². The van der Waals surface area contributed by atoms with E-state index in [1.807, 2.05) is 6.07 Å². The van der Waals surface area contributed by atoms with Crippen molar-refractivity contribution in [3.05, 3.63) is 74.5 Å². The van der Waals surface area contributed by atoms with Crippen LogP contribution in [0.2, 0.25) is 0 Å². The molecule has 0 saturated carbocycles. The van der Waals surface area contributed by atoms with Crippen molar-refractivity contribution in [3.63, 3.8) is 0 Å². The second kappa shape index (κ2) is 7.97. The molecule has 3 aromatic rings. The first-order chi connectivity index (χ1) is 12.5. The van der Waals surface area contributed by atoms with Crippen LogP contribution in [0.25, 0.3) is 0 Å². The van der Waals surface area contributed by atoms with Crippen molar-refractivity contribution < 1.29 is 13.9 Å². The number of halogens is 2. The minimum atomic E-state index is -0.280. The normalized spacial score (nSPS) is 10.6. The average Bonchev–Trinajstić information content (AvgIpc) is 3.05. The average molecular weight is 435 g/mol. The van der Waals surface area contributed by atoms with Crippen molar-refractivity contribution in [1.29, 1.82) is 0 Å². The lowest BCUT2D eigenvalue weighted by atomic mass is 10.1. The van der Waals surface area contributed by atoms with Crippen LogP contribution >= 0.6 is 27.3 Å². The van der Waals surface area contributed by atoms with Crippen LogP contribution in [0.1, 0.15) is 26.4 Å². The van der Waals surface area contributed by atoms with Gasteiger partial charge in [0.1, 0.15) is 11.6 Å².